The summed E-state index contributed by atoms with van der Waals surface area (Å²) in [6.45, 7) is 6.49. The second-order valence-corrected chi connectivity index (χ2v) is 8.02. The van der Waals surface area contributed by atoms with Crippen molar-refractivity contribution in [3.63, 3.8) is 0 Å². The van der Waals surface area contributed by atoms with Gasteiger partial charge >= 0.3 is 23.9 Å². The number of hydrogen-bond acceptors (Lipinski definition) is 10. The van der Waals surface area contributed by atoms with Crippen molar-refractivity contribution >= 4 is 35.4 Å². The van der Waals surface area contributed by atoms with E-state index in [1.807, 2.05) is 0 Å². The third-order valence-electron chi connectivity index (χ3n) is 6.64. The minimum Gasteiger partial charge on any atom is -0.466 e. The number of ether oxygens (including phenoxy) is 4. The largest absolute Gasteiger partial charge is 0.466 e. The average molecular weight is 452 g/mol. The van der Waals surface area contributed by atoms with Gasteiger partial charge in [-0.05, 0) is 27.7 Å². The molecular formula is C22H28O10. The summed E-state index contributed by atoms with van der Waals surface area (Å²) in [5.74, 6) is -13.1. The first kappa shape index (κ1) is 23.9. The van der Waals surface area contributed by atoms with Gasteiger partial charge in [-0.15, -0.1) is 0 Å². The van der Waals surface area contributed by atoms with Crippen molar-refractivity contribution in [3.05, 3.63) is 0 Å². The molecule has 0 saturated heterocycles. The summed E-state index contributed by atoms with van der Waals surface area (Å²) in [6.07, 6.45) is 0. The Morgan fingerprint density at radius 1 is 0.500 bits per heavy atom. The third-order valence-corrected chi connectivity index (χ3v) is 6.64. The summed E-state index contributed by atoms with van der Waals surface area (Å²) in [6, 6.07) is 0. The van der Waals surface area contributed by atoms with E-state index in [0.29, 0.717) is 0 Å². The molecule has 8 atom stereocenters. The van der Waals surface area contributed by atoms with Crippen molar-refractivity contribution in [2.45, 2.75) is 27.7 Å². The van der Waals surface area contributed by atoms with Gasteiger partial charge in [-0.25, -0.2) is 0 Å². The first-order chi connectivity index (χ1) is 15.3. The van der Waals surface area contributed by atoms with Gasteiger partial charge in [0, 0.05) is 23.7 Å². The quantitative estimate of drug-likeness (QED) is 0.374. The second kappa shape index (κ2) is 9.38. The lowest BCUT2D eigenvalue weighted by Gasteiger charge is -2.59. The van der Waals surface area contributed by atoms with Gasteiger partial charge in [-0.1, -0.05) is 0 Å². The molecule has 10 nitrogen and oxygen atoms in total. The SMILES string of the molecule is CCOC(=O)[C@@H]1[C@@H](C(=O)OCC)[C@@H]2C(=O)[C@H]3[C@H](C(=O)OCC)[C@H](C(=O)OCC)[C@@H]3C(=O)[C@H]12. The van der Waals surface area contributed by atoms with Crippen LogP contribution >= 0.6 is 0 Å². The maximum atomic E-state index is 13.4. The maximum Gasteiger partial charge on any atom is 0.310 e. The zero-order chi connectivity index (χ0) is 23.7. The molecule has 10 heteroatoms. The Kier molecular flexibility index (Phi) is 7.00. The summed E-state index contributed by atoms with van der Waals surface area (Å²) in [7, 11) is 0. The van der Waals surface area contributed by atoms with Crippen LogP contribution in [0.4, 0.5) is 0 Å². The number of carbonyl (C=O) groups is 6. The molecule has 0 radical (unpaired) electrons. The molecule has 0 aliphatic heterocycles. The zero-order valence-corrected chi connectivity index (χ0v) is 18.5. The van der Waals surface area contributed by atoms with Crippen molar-refractivity contribution in [1.29, 1.82) is 0 Å². The van der Waals surface area contributed by atoms with Crippen LogP contribution in [0.5, 0.6) is 0 Å². The van der Waals surface area contributed by atoms with Crippen LogP contribution in [-0.4, -0.2) is 61.9 Å². The van der Waals surface area contributed by atoms with E-state index in [4.69, 9.17) is 18.9 Å². The number of esters is 4. The van der Waals surface area contributed by atoms with Gasteiger partial charge in [0.15, 0.2) is 0 Å². The Morgan fingerprint density at radius 3 is 0.844 bits per heavy atom. The molecular weight excluding hydrogens is 424 g/mol. The highest BCUT2D eigenvalue weighted by molar-refractivity contribution is 6.12. The monoisotopic (exact) mass is 452 g/mol. The van der Waals surface area contributed by atoms with Crippen molar-refractivity contribution in [2.75, 3.05) is 26.4 Å². The predicted molar refractivity (Wildman–Crippen MR) is 104 cm³/mol. The lowest BCUT2D eigenvalue weighted by atomic mass is 9.39. The van der Waals surface area contributed by atoms with E-state index in [1.54, 1.807) is 27.7 Å². The molecule has 3 saturated carbocycles. The highest BCUT2D eigenvalue weighted by Gasteiger charge is 2.76. The first-order valence-electron chi connectivity index (χ1n) is 11.0. The Bertz CT molecular complexity index is 701. The number of carbonyl (C=O) groups excluding carboxylic acids is 6. The third kappa shape index (κ3) is 3.49. The van der Waals surface area contributed by atoms with Crippen LogP contribution in [0.15, 0.2) is 0 Å². The van der Waals surface area contributed by atoms with Gasteiger partial charge < -0.3 is 18.9 Å². The van der Waals surface area contributed by atoms with Crippen LogP contribution in [0.3, 0.4) is 0 Å². The normalized spacial score (nSPS) is 34.8. The summed E-state index contributed by atoms with van der Waals surface area (Å²) in [4.78, 5) is 77.1. The summed E-state index contributed by atoms with van der Waals surface area (Å²) >= 11 is 0. The Labute approximate surface area is 185 Å². The summed E-state index contributed by atoms with van der Waals surface area (Å²) in [5.41, 5.74) is 0. The molecule has 0 spiro atoms. The Hall–Kier alpha value is -2.78. The molecule has 3 aliphatic carbocycles. The average Bonchev–Trinajstić information content (AvgIpc) is 2.66. The van der Waals surface area contributed by atoms with E-state index in [1.165, 1.54) is 0 Å². The number of fused-ring (bicyclic) bond motifs is 2. The fourth-order valence-electron chi connectivity index (χ4n) is 5.48. The van der Waals surface area contributed by atoms with Gasteiger partial charge in [-0.3, -0.25) is 28.8 Å². The molecule has 0 unspecified atom stereocenters. The van der Waals surface area contributed by atoms with Crippen LogP contribution in [0, 0.1) is 47.3 Å². The van der Waals surface area contributed by atoms with Crippen molar-refractivity contribution < 1.29 is 47.7 Å². The minimum atomic E-state index is -1.17. The van der Waals surface area contributed by atoms with Gasteiger partial charge in [0.1, 0.15) is 11.6 Å². The molecule has 0 aromatic heterocycles. The van der Waals surface area contributed by atoms with Crippen LogP contribution in [0.2, 0.25) is 0 Å². The lowest BCUT2D eigenvalue weighted by Crippen LogP contribution is -2.73. The second-order valence-electron chi connectivity index (χ2n) is 8.02. The molecule has 0 amide bonds. The van der Waals surface area contributed by atoms with Gasteiger partial charge in [0.05, 0.1) is 50.1 Å². The zero-order valence-electron chi connectivity index (χ0n) is 18.5. The number of hydrogen-bond donors (Lipinski definition) is 0. The molecule has 0 aromatic rings. The fourth-order valence-corrected chi connectivity index (χ4v) is 5.48. The van der Waals surface area contributed by atoms with E-state index in [9.17, 15) is 28.8 Å². The molecule has 3 fully saturated rings. The molecule has 32 heavy (non-hydrogen) atoms. The number of Topliss-reactive ketones (excluding diaryl/α,β-unsaturated/α-hetero) is 2. The van der Waals surface area contributed by atoms with Crippen molar-refractivity contribution in [3.8, 4) is 0 Å². The Balaban J connectivity index is 1.99. The van der Waals surface area contributed by atoms with E-state index >= 15 is 0 Å². The molecule has 176 valence electrons. The predicted octanol–water partition coefficient (Wildman–Crippen LogP) is 0.347. The van der Waals surface area contributed by atoms with Crippen molar-refractivity contribution in [1.82, 2.24) is 0 Å². The molecule has 3 rings (SSSR count). The molecule has 0 bridgehead atoms. The maximum absolute atomic E-state index is 13.4. The van der Waals surface area contributed by atoms with Crippen LogP contribution in [-0.2, 0) is 47.7 Å². The van der Waals surface area contributed by atoms with E-state index < -0.39 is 82.8 Å². The van der Waals surface area contributed by atoms with E-state index in [-0.39, 0.29) is 26.4 Å². The molecule has 0 N–H and O–H groups in total. The first-order valence-corrected chi connectivity index (χ1v) is 11.0. The van der Waals surface area contributed by atoms with E-state index in [2.05, 4.69) is 0 Å². The van der Waals surface area contributed by atoms with Crippen LogP contribution in [0.1, 0.15) is 27.7 Å². The summed E-state index contributed by atoms with van der Waals surface area (Å²) < 4.78 is 20.2. The standard InChI is InChI=1S/C22H28O10/c1-5-29-19(25)13-9-10(14(13)20(26)30-6-2)18(24)12-11(17(9)23)15(21(27)31-7-3)16(12)22(28)32-8-4/h9-16H,5-8H2,1-4H3/t9-,10-,11-,12+,13+,14-,15+,16+/m1/s1. The van der Waals surface area contributed by atoms with Gasteiger partial charge in [0.2, 0.25) is 0 Å². The number of ketones is 2. The van der Waals surface area contributed by atoms with Crippen LogP contribution in [0.25, 0.3) is 0 Å². The Morgan fingerprint density at radius 2 is 0.688 bits per heavy atom. The topological polar surface area (TPSA) is 139 Å². The molecule has 0 aromatic carbocycles. The highest BCUT2D eigenvalue weighted by Crippen LogP contribution is 2.62. The van der Waals surface area contributed by atoms with Crippen LogP contribution < -0.4 is 0 Å². The van der Waals surface area contributed by atoms with Gasteiger partial charge in [-0.2, -0.15) is 0 Å². The number of rotatable bonds is 8. The lowest BCUT2D eigenvalue weighted by molar-refractivity contribution is -0.210. The molecule has 0 heterocycles. The smallest absolute Gasteiger partial charge is 0.310 e. The molecule has 3 aliphatic rings. The van der Waals surface area contributed by atoms with E-state index in [0.717, 1.165) is 0 Å². The van der Waals surface area contributed by atoms with Crippen molar-refractivity contribution in [2.24, 2.45) is 47.3 Å². The summed E-state index contributed by atoms with van der Waals surface area (Å²) in [5, 5.41) is 0. The fraction of sp³-hybridized carbons (Fsp3) is 0.727. The highest BCUT2D eigenvalue weighted by atomic mass is 16.5. The minimum absolute atomic E-state index is 0.0346. The van der Waals surface area contributed by atoms with Gasteiger partial charge in [0.25, 0.3) is 0 Å².